The van der Waals surface area contributed by atoms with Gasteiger partial charge in [0.25, 0.3) is 0 Å². The Balaban J connectivity index is 0.00000456. The number of rotatable bonds is 10. The van der Waals surface area contributed by atoms with E-state index < -0.39 is 12.1 Å². The summed E-state index contributed by atoms with van der Waals surface area (Å²) < 4.78 is 16.2. The molecule has 3 N–H and O–H groups in total. The van der Waals surface area contributed by atoms with Gasteiger partial charge in [-0.15, -0.1) is 0 Å². The maximum absolute atomic E-state index is 12.3. The highest BCUT2D eigenvalue weighted by Crippen LogP contribution is 2.28. The molecule has 0 spiro atoms. The van der Waals surface area contributed by atoms with Crippen LogP contribution in [0.2, 0.25) is 5.02 Å². The van der Waals surface area contributed by atoms with Crippen molar-refractivity contribution in [1.82, 2.24) is 15.2 Å². The molecule has 11 nitrogen and oxygen atoms in total. The van der Waals surface area contributed by atoms with Crippen LogP contribution in [0.5, 0.6) is 5.75 Å². The molecular formula is C24H31ClN6O5. The number of pyridine rings is 1. The zero-order chi connectivity index (χ0) is 24.9. The van der Waals surface area contributed by atoms with Crippen molar-refractivity contribution in [3.8, 4) is 5.75 Å². The fraction of sp³-hybridized carbons (Fsp3) is 0.417. The van der Waals surface area contributed by atoms with E-state index >= 15 is 0 Å². The molecule has 2 aromatic rings. The topological polar surface area (TPSA) is 118 Å². The lowest BCUT2D eigenvalue weighted by atomic mass is 10.3. The molecule has 0 radical (unpaired) electrons. The number of nitrogens with one attached hydrogen (secondary N) is 3. The number of morpholine rings is 1. The lowest BCUT2D eigenvalue weighted by Crippen LogP contribution is -2.39. The first-order valence-electron chi connectivity index (χ1n) is 11.1. The van der Waals surface area contributed by atoms with Crippen LogP contribution >= 0.6 is 11.6 Å². The predicted molar refractivity (Wildman–Crippen MR) is 138 cm³/mol. The fourth-order valence-electron chi connectivity index (χ4n) is 3.11. The minimum Gasteiger partial charge on any atom is -0.491 e. The molecule has 0 bridgehead atoms. The van der Waals surface area contributed by atoms with E-state index in [0.29, 0.717) is 73.9 Å². The van der Waals surface area contributed by atoms with Crippen LogP contribution in [0.15, 0.2) is 36.5 Å². The van der Waals surface area contributed by atoms with E-state index in [1.54, 1.807) is 24.3 Å². The number of hydrogen-bond acceptors (Lipinski definition) is 7. The first-order valence-corrected chi connectivity index (χ1v) is 11.5. The van der Waals surface area contributed by atoms with Crippen LogP contribution in [0.25, 0.3) is 4.85 Å². The summed E-state index contributed by atoms with van der Waals surface area (Å²) in [6.07, 6.45) is 1.43. The number of anilines is 2. The molecule has 1 aliphatic heterocycles. The van der Waals surface area contributed by atoms with Crippen molar-refractivity contribution >= 4 is 40.9 Å². The molecule has 0 saturated carbocycles. The number of aromatic nitrogens is 1. The van der Waals surface area contributed by atoms with Gasteiger partial charge in [-0.05, 0) is 30.7 Å². The van der Waals surface area contributed by atoms with Gasteiger partial charge >= 0.3 is 12.1 Å². The molecule has 0 atom stereocenters. The largest absolute Gasteiger partial charge is 0.491 e. The van der Waals surface area contributed by atoms with Gasteiger partial charge in [-0.2, -0.15) is 0 Å². The molecule has 3 rings (SSSR count). The minimum absolute atomic E-state index is 0. The summed E-state index contributed by atoms with van der Waals surface area (Å²) in [6, 6.07) is 7.40. The number of benzene rings is 1. The second-order valence-electron chi connectivity index (χ2n) is 7.45. The molecule has 1 saturated heterocycles. The molecule has 1 aromatic carbocycles. The average molecular weight is 519 g/mol. The van der Waals surface area contributed by atoms with Gasteiger partial charge < -0.3 is 24.8 Å². The number of halogens is 1. The minimum atomic E-state index is -0.540. The third-order valence-electron chi connectivity index (χ3n) is 4.90. The number of hydrogen-bond donors (Lipinski definition) is 3. The van der Waals surface area contributed by atoms with Crippen LogP contribution in [0, 0.1) is 6.57 Å². The molecule has 12 heteroatoms. The summed E-state index contributed by atoms with van der Waals surface area (Å²) in [6.45, 7) is 11.7. The summed E-state index contributed by atoms with van der Waals surface area (Å²) in [7, 11) is 0. The summed E-state index contributed by atoms with van der Waals surface area (Å²) in [5, 5.41) is 8.37. The number of carbonyl (C=O) groups excluding carboxylic acids is 2. The monoisotopic (exact) mass is 518 g/mol. The number of amides is 3. The Bertz CT molecular complexity index is 1020. The zero-order valence-electron chi connectivity index (χ0n) is 19.1. The van der Waals surface area contributed by atoms with Crippen molar-refractivity contribution in [2.75, 3.05) is 63.2 Å². The quantitative estimate of drug-likeness (QED) is 0.315. The van der Waals surface area contributed by atoms with Crippen molar-refractivity contribution in [3.63, 3.8) is 0 Å². The third-order valence-corrected chi connectivity index (χ3v) is 5.14. The number of ether oxygens (including phenoxy) is 3. The van der Waals surface area contributed by atoms with Crippen molar-refractivity contribution in [1.29, 1.82) is 0 Å². The van der Waals surface area contributed by atoms with E-state index in [1.807, 2.05) is 0 Å². The molecule has 2 heterocycles. The Labute approximate surface area is 215 Å². The number of nitrogens with zero attached hydrogens (tertiary/aromatic N) is 3. The van der Waals surface area contributed by atoms with E-state index in [0.717, 1.165) is 13.1 Å². The molecule has 1 aromatic heterocycles. The van der Waals surface area contributed by atoms with E-state index in [-0.39, 0.29) is 7.43 Å². The average Bonchev–Trinajstić information content (AvgIpc) is 2.86. The van der Waals surface area contributed by atoms with Crippen molar-refractivity contribution in [3.05, 3.63) is 53.0 Å². The van der Waals surface area contributed by atoms with Gasteiger partial charge in [-0.1, -0.05) is 25.1 Å². The lowest BCUT2D eigenvalue weighted by molar-refractivity contribution is 0.0281. The van der Waals surface area contributed by atoms with Crippen molar-refractivity contribution < 1.29 is 23.8 Å². The smallest absolute Gasteiger partial charge is 0.407 e. The first-order chi connectivity index (χ1) is 17.0. The standard InChI is InChI=1S/C23H27ClN6O5.CH4/c1-25-18-4-6-21(27-16-18)29-22(31)28-19-15-17(24)3-5-20(19)34-11-2-7-26-23(32)35-14-10-30-8-12-33-13-9-30;/h3-6,15-16H,2,7-14H2,(H,26,32)(H2,27,28,29,31);1H4. The zero-order valence-corrected chi connectivity index (χ0v) is 19.8. The summed E-state index contributed by atoms with van der Waals surface area (Å²) in [5.41, 5.74) is 0.750. The van der Waals surface area contributed by atoms with Crippen LogP contribution in [0.1, 0.15) is 13.8 Å². The maximum Gasteiger partial charge on any atom is 0.407 e. The number of alkyl carbamates (subject to hydrolysis) is 1. The molecule has 0 aliphatic carbocycles. The Morgan fingerprint density at radius 2 is 1.97 bits per heavy atom. The third kappa shape index (κ3) is 9.95. The van der Waals surface area contributed by atoms with Gasteiger partial charge in [0.2, 0.25) is 5.69 Å². The summed E-state index contributed by atoms with van der Waals surface area (Å²) in [4.78, 5) is 33.6. The van der Waals surface area contributed by atoms with Crippen LogP contribution in [0.4, 0.5) is 26.8 Å². The highest BCUT2D eigenvalue weighted by molar-refractivity contribution is 6.31. The Kier molecular flexibility index (Phi) is 12.3. The Morgan fingerprint density at radius 1 is 1.17 bits per heavy atom. The van der Waals surface area contributed by atoms with E-state index in [2.05, 4.69) is 30.7 Å². The van der Waals surface area contributed by atoms with Gasteiger partial charge in [-0.3, -0.25) is 15.2 Å². The second kappa shape index (κ2) is 15.4. The van der Waals surface area contributed by atoms with E-state index in [4.69, 9.17) is 32.4 Å². The fourth-order valence-corrected chi connectivity index (χ4v) is 3.28. The van der Waals surface area contributed by atoms with Gasteiger partial charge in [0, 0.05) is 37.4 Å². The predicted octanol–water partition coefficient (Wildman–Crippen LogP) is 4.39. The molecule has 36 heavy (non-hydrogen) atoms. The molecule has 0 unspecified atom stereocenters. The van der Waals surface area contributed by atoms with E-state index in [9.17, 15) is 9.59 Å². The molecule has 194 valence electrons. The Morgan fingerprint density at radius 3 is 2.69 bits per heavy atom. The summed E-state index contributed by atoms with van der Waals surface area (Å²) in [5.74, 6) is 0.719. The van der Waals surface area contributed by atoms with Crippen LogP contribution in [-0.4, -0.2) is 74.6 Å². The van der Waals surface area contributed by atoms with Crippen molar-refractivity contribution in [2.45, 2.75) is 13.8 Å². The first kappa shape index (κ1) is 28.6. The molecular weight excluding hydrogens is 488 g/mol. The van der Waals surface area contributed by atoms with Crippen LogP contribution in [-0.2, 0) is 9.47 Å². The SMILES string of the molecule is C.[C-]#[N+]c1ccc(NC(=O)Nc2cc(Cl)ccc2OCCCNC(=O)OCCN2CCOCC2)nc1. The van der Waals surface area contributed by atoms with E-state index in [1.165, 1.54) is 12.3 Å². The normalized spacial score (nSPS) is 13.0. The van der Waals surface area contributed by atoms with Gasteiger partial charge in [0.05, 0.1) is 32.1 Å². The van der Waals surface area contributed by atoms with Crippen LogP contribution in [0.3, 0.4) is 0 Å². The number of urea groups is 1. The molecule has 3 amide bonds. The highest BCUT2D eigenvalue weighted by atomic mass is 35.5. The lowest BCUT2D eigenvalue weighted by Gasteiger charge is -2.26. The van der Waals surface area contributed by atoms with Crippen molar-refractivity contribution in [2.24, 2.45) is 0 Å². The molecule has 1 fully saturated rings. The number of carbonyl (C=O) groups is 2. The van der Waals surface area contributed by atoms with Crippen LogP contribution < -0.4 is 20.7 Å². The highest BCUT2D eigenvalue weighted by Gasteiger charge is 2.12. The van der Waals surface area contributed by atoms with Gasteiger partial charge in [0.1, 0.15) is 18.2 Å². The van der Waals surface area contributed by atoms with Gasteiger partial charge in [0.15, 0.2) is 0 Å². The maximum atomic E-state index is 12.3. The second-order valence-corrected chi connectivity index (χ2v) is 7.89. The Hall–Kier alpha value is -3.59. The summed E-state index contributed by atoms with van der Waals surface area (Å²) >= 11 is 6.07. The van der Waals surface area contributed by atoms with Gasteiger partial charge in [-0.25, -0.2) is 14.4 Å². The molecule has 1 aliphatic rings.